The van der Waals surface area contributed by atoms with Gasteiger partial charge in [-0.3, -0.25) is 14.5 Å². The van der Waals surface area contributed by atoms with Crippen molar-refractivity contribution in [1.29, 1.82) is 0 Å². The molecule has 0 aliphatic carbocycles. The van der Waals surface area contributed by atoms with E-state index in [2.05, 4.69) is 5.32 Å². The van der Waals surface area contributed by atoms with Crippen molar-refractivity contribution in [2.45, 2.75) is 12.5 Å². The van der Waals surface area contributed by atoms with Crippen LogP contribution in [0.25, 0.3) is 0 Å². The van der Waals surface area contributed by atoms with E-state index in [0.29, 0.717) is 32.6 Å². The van der Waals surface area contributed by atoms with E-state index in [1.807, 2.05) is 23.9 Å². The van der Waals surface area contributed by atoms with Crippen LogP contribution in [0.15, 0.2) is 24.3 Å². The maximum absolute atomic E-state index is 13.0. The van der Waals surface area contributed by atoms with E-state index >= 15 is 0 Å². The van der Waals surface area contributed by atoms with Gasteiger partial charge in [0.1, 0.15) is 11.9 Å². The van der Waals surface area contributed by atoms with Gasteiger partial charge in [-0.25, -0.2) is 4.39 Å². The van der Waals surface area contributed by atoms with Crippen molar-refractivity contribution in [2.75, 3.05) is 52.2 Å². The number of benzene rings is 1. The quantitative estimate of drug-likeness (QED) is 0.853. The fourth-order valence-electron chi connectivity index (χ4n) is 2.80. The Balaban J connectivity index is 1.87. The highest BCUT2D eigenvalue weighted by Crippen LogP contribution is 2.14. The van der Waals surface area contributed by atoms with Gasteiger partial charge < -0.3 is 15.1 Å². The minimum absolute atomic E-state index is 0.0333. The molecule has 0 aromatic heterocycles. The van der Waals surface area contributed by atoms with Crippen LogP contribution in [0.1, 0.15) is 6.42 Å². The monoisotopic (exact) mass is 336 g/mol. The van der Waals surface area contributed by atoms with Crippen LogP contribution >= 0.6 is 0 Å². The minimum atomic E-state index is -0.303. The second kappa shape index (κ2) is 8.10. The van der Waals surface area contributed by atoms with Crippen molar-refractivity contribution in [3.05, 3.63) is 30.1 Å². The van der Waals surface area contributed by atoms with E-state index in [-0.39, 0.29) is 23.7 Å². The number of carbonyl (C=O) groups is 2. The molecule has 1 fully saturated rings. The number of nitrogens with zero attached hydrogens (tertiary/aromatic N) is 3. The summed E-state index contributed by atoms with van der Waals surface area (Å²) in [6.45, 7) is 2.26. The van der Waals surface area contributed by atoms with Crippen LogP contribution in [-0.4, -0.2) is 75.0 Å². The molecule has 0 bridgehead atoms. The zero-order chi connectivity index (χ0) is 17.7. The number of likely N-dealkylation sites (N-methyl/N-ethyl adjacent to an activating group) is 2. The first-order valence-electron chi connectivity index (χ1n) is 8.08. The highest BCUT2D eigenvalue weighted by atomic mass is 19.1. The molecule has 1 saturated heterocycles. The van der Waals surface area contributed by atoms with E-state index in [0.717, 1.165) is 5.69 Å². The Morgan fingerprint density at radius 3 is 2.58 bits per heavy atom. The number of hydrogen-bond acceptors (Lipinski definition) is 4. The summed E-state index contributed by atoms with van der Waals surface area (Å²) < 4.78 is 13.0. The maximum atomic E-state index is 13.0. The van der Waals surface area contributed by atoms with Crippen molar-refractivity contribution < 1.29 is 14.0 Å². The smallest absolute Gasteiger partial charge is 0.238 e. The number of carbonyl (C=O) groups excluding carboxylic acids is 2. The fraction of sp³-hybridized carbons (Fsp3) is 0.529. The van der Waals surface area contributed by atoms with E-state index in [1.165, 1.54) is 12.1 Å². The minimum Gasteiger partial charge on any atom is -0.374 e. The van der Waals surface area contributed by atoms with Gasteiger partial charge in [-0.15, -0.1) is 0 Å². The molecule has 1 aliphatic rings. The maximum Gasteiger partial charge on any atom is 0.238 e. The number of anilines is 1. The van der Waals surface area contributed by atoms with Gasteiger partial charge in [0.2, 0.25) is 11.8 Å². The van der Waals surface area contributed by atoms with Crippen LogP contribution in [0.2, 0.25) is 0 Å². The van der Waals surface area contributed by atoms with Crippen molar-refractivity contribution in [3.63, 3.8) is 0 Å². The zero-order valence-electron chi connectivity index (χ0n) is 14.5. The first-order valence-corrected chi connectivity index (χ1v) is 8.08. The highest BCUT2D eigenvalue weighted by molar-refractivity contribution is 5.83. The van der Waals surface area contributed by atoms with Gasteiger partial charge >= 0.3 is 0 Å². The first kappa shape index (κ1) is 18.2. The molecule has 1 atom stereocenters. The van der Waals surface area contributed by atoms with Crippen molar-refractivity contribution in [1.82, 2.24) is 15.1 Å². The van der Waals surface area contributed by atoms with Crippen LogP contribution in [0.5, 0.6) is 0 Å². The lowest BCUT2D eigenvalue weighted by molar-refractivity contribution is -0.137. The lowest BCUT2D eigenvalue weighted by atomic mass is 10.1. The molecule has 132 valence electrons. The average Bonchev–Trinajstić information content (AvgIpc) is 2.59. The summed E-state index contributed by atoms with van der Waals surface area (Å²) >= 11 is 0. The van der Waals surface area contributed by atoms with E-state index in [9.17, 15) is 14.0 Å². The summed E-state index contributed by atoms with van der Waals surface area (Å²) in [6.07, 6.45) is 0.359. The third-order valence-electron chi connectivity index (χ3n) is 4.48. The van der Waals surface area contributed by atoms with Gasteiger partial charge in [0.25, 0.3) is 0 Å². The van der Waals surface area contributed by atoms with Crippen molar-refractivity contribution >= 4 is 17.5 Å². The highest BCUT2D eigenvalue weighted by Gasteiger charge is 2.31. The Hall–Kier alpha value is -2.15. The molecule has 1 unspecified atom stereocenters. The third kappa shape index (κ3) is 4.44. The average molecular weight is 336 g/mol. The molecule has 1 heterocycles. The molecule has 1 aliphatic heterocycles. The SMILES string of the molecule is CNC(=O)C1CN(C(=O)CCN(C)c2ccc(F)cc2)CCN1C. The first-order chi connectivity index (χ1) is 11.4. The Kier molecular flexibility index (Phi) is 6.14. The number of hydrogen-bond donors (Lipinski definition) is 1. The Morgan fingerprint density at radius 2 is 1.96 bits per heavy atom. The molecule has 0 saturated carbocycles. The third-order valence-corrected chi connectivity index (χ3v) is 4.48. The van der Waals surface area contributed by atoms with E-state index in [4.69, 9.17) is 0 Å². The predicted octanol–water partition coefficient (Wildman–Crippen LogP) is 0.541. The van der Waals surface area contributed by atoms with E-state index < -0.39 is 0 Å². The molecular weight excluding hydrogens is 311 g/mol. The number of amides is 2. The summed E-state index contributed by atoms with van der Waals surface area (Å²) in [5.74, 6) is -0.315. The van der Waals surface area contributed by atoms with Crippen LogP contribution in [0, 0.1) is 5.82 Å². The standard InChI is InChI=1S/C17H25FN4O2/c1-19-17(24)15-12-22(11-10-21(15)3)16(23)8-9-20(2)14-6-4-13(18)5-7-14/h4-7,15H,8-12H2,1-3H3,(H,19,24). The zero-order valence-corrected chi connectivity index (χ0v) is 14.5. The van der Waals surface area contributed by atoms with Gasteiger partial charge in [0.05, 0.1) is 0 Å². The van der Waals surface area contributed by atoms with Crippen molar-refractivity contribution in [2.24, 2.45) is 0 Å². The molecule has 1 aromatic carbocycles. The summed E-state index contributed by atoms with van der Waals surface area (Å²) in [6, 6.07) is 5.89. The van der Waals surface area contributed by atoms with Gasteiger partial charge in [-0.1, -0.05) is 0 Å². The topological polar surface area (TPSA) is 55.9 Å². The van der Waals surface area contributed by atoms with Crippen LogP contribution in [-0.2, 0) is 9.59 Å². The largest absolute Gasteiger partial charge is 0.374 e. The predicted molar refractivity (Wildman–Crippen MR) is 91.4 cm³/mol. The van der Waals surface area contributed by atoms with Gasteiger partial charge in [0, 0.05) is 52.4 Å². The van der Waals surface area contributed by atoms with Crippen LogP contribution < -0.4 is 10.2 Å². The van der Waals surface area contributed by atoms with Gasteiger partial charge in [-0.05, 0) is 31.3 Å². The second-order valence-electron chi connectivity index (χ2n) is 6.10. The molecule has 2 amide bonds. The summed E-state index contributed by atoms with van der Waals surface area (Å²) in [5, 5.41) is 2.64. The molecule has 2 rings (SSSR count). The molecule has 1 N–H and O–H groups in total. The molecule has 7 heteroatoms. The summed E-state index contributed by atoms with van der Waals surface area (Å²) in [7, 11) is 5.37. The fourth-order valence-corrected chi connectivity index (χ4v) is 2.80. The molecule has 24 heavy (non-hydrogen) atoms. The Morgan fingerprint density at radius 1 is 1.29 bits per heavy atom. The molecule has 6 nitrogen and oxygen atoms in total. The summed E-state index contributed by atoms with van der Waals surface area (Å²) in [4.78, 5) is 30.0. The lowest BCUT2D eigenvalue weighted by Crippen LogP contribution is -2.58. The number of halogens is 1. The Bertz CT molecular complexity index is 578. The summed E-state index contributed by atoms with van der Waals surface area (Å²) in [5.41, 5.74) is 0.866. The van der Waals surface area contributed by atoms with E-state index in [1.54, 1.807) is 24.1 Å². The van der Waals surface area contributed by atoms with Crippen molar-refractivity contribution in [3.8, 4) is 0 Å². The molecule has 1 aromatic rings. The molecule has 0 radical (unpaired) electrons. The Labute approximate surface area is 142 Å². The normalized spacial score (nSPS) is 18.3. The number of rotatable bonds is 5. The van der Waals surface area contributed by atoms with Crippen LogP contribution in [0.4, 0.5) is 10.1 Å². The van der Waals surface area contributed by atoms with Gasteiger partial charge in [-0.2, -0.15) is 0 Å². The second-order valence-corrected chi connectivity index (χ2v) is 6.10. The molecule has 0 spiro atoms. The number of nitrogens with one attached hydrogen (secondary N) is 1. The van der Waals surface area contributed by atoms with Gasteiger partial charge in [0.15, 0.2) is 0 Å². The molecular formula is C17H25FN4O2. The number of piperazine rings is 1. The van der Waals surface area contributed by atoms with Crippen LogP contribution in [0.3, 0.4) is 0 Å². The lowest BCUT2D eigenvalue weighted by Gasteiger charge is -2.38.